The van der Waals surface area contributed by atoms with Crippen LogP contribution in [0.25, 0.3) is 0 Å². The van der Waals surface area contributed by atoms with Gasteiger partial charge in [-0.05, 0) is 31.5 Å². The van der Waals surface area contributed by atoms with Crippen LogP contribution in [0.5, 0.6) is 0 Å². The summed E-state index contributed by atoms with van der Waals surface area (Å²) in [4.78, 5) is 0. The van der Waals surface area contributed by atoms with Crippen LogP contribution in [0.3, 0.4) is 0 Å². The number of hydrogen-bond donors (Lipinski definition) is 1. The highest BCUT2D eigenvalue weighted by Gasteiger charge is 2.03. The summed E-state index contributed by atoms with van der Waals surface area (Å²) in [5.74, 6) is 0. The summed E-state index contributed by atoms with van der Waals surface area (Å²) < 4.78 is 5.43. The van der Waals surface area contributed by atoms with Crippen molar-refractivity contribution in [2.24, 2.45) is 0 Å². The molecule has 0 fully saturated rings. The second-order valence-corrected chi connectivity index (χ2v) is 2.77. The third-order valence-corrected chi connectivity index (χ3v) is 1.80. The van der Waals surface area contributed by atoms with E-state index in [-0.39, 0.29) is 6.10 Å². The van der Waals surface area contributed by atoms with Crippen LogP contribution in [0.4, 0.5) is 5.69 Å². The van der Waals surface area contributed by atoms with Gasteiger partial charge in [-0.15, -0.1) is 0 Å². The Morgan fingerprint density at radius 1 is 1.50 bits per heavy atom. The predicted octanol–water partition coefficient (Wildman–Crippen LogP) is 2.37. The molecule has 1 atom stereocenters. The maximum atomic E-state index is 5.64. The third-order valence-electron chi connectivity index (χ3n) is 1.80. The molecule has 1 rings (SSSR count). The summed E-state index contributed by atoms with van der Waals surface area (Å²) in [5, 5.41) is 0. The van der Waals surface area contributed by atoms with Crippen molar-refractivity contribution in [3.05, 3.63) is 29.8 Å². The smallest absolute Gasteiger partial charge is 0.0797 e. The topological polar surface area (TPSA) is 35.2 Å². The molecular weight excluding hydrogens is 150 g/mol. The van der Waals surface area contributed by atoms with Crippen molar-refractivity contribution in [3.8, 4) is 0 Å². The summed E-state index contributed by atoms with van der Waals surface area (Å²) in [7, 11) is 0. The Hall–Kier alpha value is -1.02. The standard InChI is InChI=1S/C10H15NO/c1-3-12-8(2)9-5-4-6-10(11)7-9/h4-8H,3,11H2,1-2H3. The zero-order valence-electron chi connectivity index (χ0n) is 7.58. The fourth-order valence-corrected chi connectivity index (χ4v) is 1.16. The average molecular weight is 165 g/mol. The predicted molar refractivity (Wildman–Crippen MR) is 50.9 cm³/mol. The number of rotatable bonds is 3. The lowest BCUT2D eigenvalue weighted by atomic mass is 10.1. The van der Waals surface area contributed by atoms with E-state index in [1.165, 1.54) is 0 Å². The van der Waals surface area contributed by atoms with E-state index in [9.17, 15) is 0 Å². The molecule has 0 aromatic heterocycles. The first kappa shape index (κ1) is 9.07. The summed E-state index contributed by atoms with van der Waals surface area (Å²) in [6, 6.07) is 7.79. The molecule has 0 amide bonds. The van der Waals surface area contributed by atoms with Crippen molar-refractivity contribution in [2.45, 2.75) is 20.0 Å². The van der Waals surface area contributed by atoms with Gasteiger partial charge in [0.25, 0.3) is 0 Å². The molecule has 0 saturated carbocycles. The van der Waals surface area contributed by atoms with Gasteiger partial charge in [0.1, 0.15) is 0 Å². The van der Waals surface area contributed by atoms with Crippen LogP contribution in [0.15, 0.2) is 24.3 Å². The molecular formula is C10H15NO. The van der Waals surface area contributed by atoms with Gasteiger partial charge in [-0.25, -0.2) is 0 Å². The number of benzene rings is 1. The molecule has 0 heterocycles. The lowest BCUT2D eigenvalue weighted by molar-refractivity contribution is 0.0764. The molecule has 0 saturated heterocycles. The van der Waals surface area contributed by atoms with E-state index < -0.39 is 0 Å². The number of anilines is 1. The first-order valence-electron chi connectivity index (χ1n) is 4.21. The zero-order valence-corrected chi connectivity index (χ0v) is 7.58. The number of nitrogens with two attached hydrogens (primary N) is 1. The van der Waals surface area contributed by atoms with E-state index >= 15 is 0 Å². The molecule has 1 aromatic carbocycles. The Labute approximate surface area is 73.3 Å². The van der Waals surface area contributed by atoms with E-state index in [0.29, 0.717) is 0 Å². The maximum Gasteiger partial charge on any atom is 0.0797 e. The largest absolute Gasteiger partial charge is 0.399 e. The van der Waals surface area contributed by atoms with Crippen molar-refractivity contribution in [2.75, 3.05) is 12.3 Å². The Bertz CT molecular complexity index is 247. The Morgan fingerprint density at radius 2 is 2.25 bits per heavy atom. The molecule has 1 aromatic rings. The molecule has 0 spiro atoms. The van der Waals surface area contributed by atoms with Crippen molar-refractivity contribution < 1.29 is 4.74 Å². The summed E-state index contributed by atoms with van der Waals surface area (Å²) >= 11 is 0. The third kappa shape index (κ3) is 2.24. The minimum atomic E-state index is 0.137. The first-order chi connectivity index (χ1) is 5.74. The van der Waals surface area contributed by atoms with Gasteiger partial charge in [-0.3, -0.25) is 0 Å². The average Bonchev–Trinajstić information content (AvgIpc) is 2.05. The Kier molecular flexibility index (Phi) is 3.11. The molecule has 0 radical (unpaired) electrons. The molecule has 0 aliphatic rings. The first-order valence-corrected chi connectivity index (χ1v) is 4.21. The van der Waals surface area contributed by atoms with Crippen LogP contribution in [0, 0.1) is 0 Å². The highest BCUT2D eigenvalue weighted by molar-refractivity contribution is 5.41. The van der Waals surface area contributed by atoms with Crippen LogP contribution in [-0.4, -0.2) is 6.61 Å². The lowest BCUT2D eigenvalue weighted by Crippen LogP contribution is -1.99. The van der Waals surface area contributed by atoms with Gasteiger partial charge in [-0.1, -0.05) is 12.1 Å². The minimum absolute atomic E-state index is 0.137. The van der Waals surface area contributed by atoms with E-state index in [0.717, 1.165) is 17.9 Å². The monoisotopic (exact) mass is 165 g/mol. The van der Waals surface area contributed by atoms with Gasteiger partial charge in [0.05, 0.1) is 6.10 Å². The summed E-state index contributed by atoms with van der Waals surface area (Å²) in [6.07, 6.45) is 0.137. The fraction of sp³-hybridized carbons (Fsp3) is 0.400. The van der Waals surface area contributed by atoms with Gasteiger partial charge in [0.15, 0.2) is 0 Å². The molecule has 2 heteroatoms. The van der Waals surface area contributed by atoms with E-state index in [4.69, 9.17) is 10.5 Å². The normalized spacial score (nSPS) is 12.8. The van der Waals surface area contributed by atoms with Crippen molar-refractivity contribution in [3.63, 3.8) is 0 Å². The number of hydrogen-bond acceptors (Lipinski definition) is 2. The summed E-state index contributed by atoms with van der Waals surface area (Å²) in [5.41, 5.74) is 7.56. The molecule has 12 heavy (non-hydrogen) atoms. The molecule has 0 aliphatic heterocycles. The zero-order chi connectivity index (χ0) is 8.97. The quantitative estimate of drug-likeness (QED) is 0.698. The van der Waals surface area contributed by atoms with E-state index in [1.54, 1.807) is 0 Å². The fourth-order valence-electron chi connectivity index (χ4n) is 1.16. The lowest BCUT2D eigenvalue weighted by Gasteiger charge is -2.11. The van der Waals surface area contributed by atoms with Gasteiger partial charge >= 0.3 is 0 Å². The number of ether oxygens (including phenoxy) is 1. The van der Waals surface area contributed by atoms with Crippen LogP contribution in [-0.2, 0) is 4.74 Å². The second-order valence-electron chi connectivity index (χ2n) is 2.77. The Balaban J connectivity index is 2.73. The molecule has 0 bridgehead atoms. The Morgan fingerprint density at radius 3 is 2.83 bits per heavy atom. The maximum absolute atomic E-state index is 5.64. The van der Waals surface area contributed by atoms with Crippen LogP contribution >= 0.6 is 0 Å². The SMILES string of the molecule is CCOC(C)c1cccc(N)c1. The van der Waals surface area contributed by atoms with Crippen molar-refractivity contribution in [1.29, 1.82) is 0 Å². The molecule has 2 N–H and O–H groups in total. The van der Waals surface area contributed by atoms with Gasteiger partial charge < -0.3 is 10.5 Å². The molecule has 0 aliphatic carbocycles. The highest BCUT2D eigenvalue weighted by Crippen LogP contribution is 2.18. The molecule has 1 unspecified atom stereocenters. The highest BCUT2D eigenvalue weighted by atomic mass is 16.5. The summed E-state index contributed by atoms with van der Waals surface area (Å²) in [6.45, 7) is 4.75. The van der Waals surface area contributed by atoms with Gasteiger partial charge in [-0.2, -0.15) is 0 Å². The molecule has 66 valence electrons. The minimum Gasteiger partial charge on any atom is -0.399 e. The van der Waals surface area contributed by atoms with Gasteiger partial charge in [0, 0.05) is 12.3 Å². The van der Waals surface area contributed by atoms with Crippen LogP contribution in [0.1, 0.15) is 25.5 Å². The van der Waals surface area contributed by atoms with E-state index in [2.05, 4.69) is 0 Å². The van der Waals surface area contributed by atoms with Crippen molar-refractivity contribution >= 4 is 5.69 Å². The number of nitrogen functional groups attached to an aromatic ring is 1. The van der Waals surface area contributed by atoms with Crippen molar-refractivity contribution in [1.82, 2.24) is 0 Å². The van der Waals surface area contributed by atoms with Crippen LogP contribution in [0.2, 0.25) is 0 Å². The molecule has 2 nitrogen and oxygen atoms in total. The van der Waals surface area contributed by atoms with E-state index in [1.807, 2.05) is 38.1 Å². The van der Waals surface area contributed by atoms with Crippen LogP contribution < -0.4 is 5.73 Å². The van der Waals surface area contributed by atoms with Gasteiger partial charge in [0.2, 0.25) is 0 Å². The second kappa shape index (κ2) is 4.12.